The summed E-state index contributed by atoms with van der Waals surface area (Å²) in [5.74, 6) is 0. The molecular formula is C9H18O. The first-order valence-corrected chi connectivity index (χ1v) is 3.90. The molecular weight excluding hydrogens is 124 g/mol. The molecule has 0 heterocycles. The minimum atomic E-state index is 0.0799. The number of aliphatic hydroxyl groups excluding tert-OH is 1. The molecule has 0 aromatic heterocycles. The van der Waals surface area contributed by atoms with Crippen molar-refractivity contribution in [1.29, 1.82) is 0 Å². The fourth-order valence-corrected chi connectivity index (χ4v) is 1.20. The fourth-order valence-electron chi connectivity index (χ4n) is 1.20. The zero-order valence-electron chi connectivity index (χ0n) is 7.06. The maximum atomic E-state index is 9.00. The third-order valence-corrected chi connectivity index (χ3v) is 1.87. The first-order chi connectivity index (χ1) is 4.68. The Bertz CT molecular complexity index is 98.9. The molecule has 0 aromatic carbocycles. The number of hydrogen-bond donors (Lipinski definition) is 1. The molecule has 1 N–H and O–H groups in total. The van der Waals surface area contributed by atoms with Gasteiger partial charge in [-0.25, -0.2) is 0 Å². The van der Waals surface area contributed by atoms with E-state index in [4.69, 9.17) is 5.11 Å². The van der Waals surface area contributed by atoms with E-state index in [1.54, 1.807) is 0 Å². The summed E-state index contributed by atoms with van der Waals surface area (Å²) in [4.78, 5) is 0. The van der Waals surface area contributed by atoms with Crippen LogP contribution in [0.25, 0.3) is 0 Å². The van der Waals surface area contributed by atoms with Crippen LogP contribution in [0.2, 0.25) is 0 Å². The van der Waals surface area contributed by atoms with Gasteiger partial charge in [-0.2, -0.15) is 0 Å². The second-order valence-electron chi connectivity index (χ2n) is 3.21. The van der Waals surface area contributed by atoms with E-state index in [1.165, 1.54) is 0 Å². The Kier molecular flexibility index (Phi) is 4.37. The van der Waals surface area contributed by atoms with Crippen LogP contribution in [0.15, 0.2) is 12.7 Å². The van der Waals surface area contributed by atoms with E-state index in [2.05, 4.69) is 20.4 Å². The van der Waals surface area contributed by atoms with Gasteiger partial charge in [0.2, 0.25) is 0 Å². The van der Waals surface area contributed by atoms with Crippen LogP contribution < -0.4 is 0 Å². The molecule has 60 valence electrons. The summed E-state index contributed by atoms with van der Waals surface area (Å²) >= 11 is 0. The molecule has 10 heavy (non-hydrogen) atoms. The first kappa shape index (κ1) is 9.70. The van der Waals surface area contributed by atoms with Gasteiger partial charge in [0.25, 0.3) is 0 Å². The van der Waals surface area contributed by atoms with Crippen molar-refractivity contribution in [1.82, 2.24) is 0 Å². The SMILES string of the molecule is C=CCC(C)(CO)CCC. The molecule has 0 radical (unpaired) electrons. The molecule has 0 aliphatic carbocycles. The van der Waals surface area contributed by atoms with E-state index >= 15 is 0 Å². The molecule has 0 rings (SSSR count). The van der Waals surface area contributed by atoms with E-state index in [9.17, 15) is 0 Å². The summed E-state index contributed by atoms with van der Waals surface area (Å²) < 4.78 is 0. The smallest absolute Gasteiger partial charge is 0.0487 e. The molecule has 0 spiro atoms. The average molecular weight is 142 g/mol. The van der Waals surface area contributed by atoms with E-state index < -0.39 is 0 Å². The van der Waals surface area contributed by atoms with Crippen LogP contribution in [0, 0.1) is 5.41 Å². The maximum absolute atomic E-state index is 9.00. The lowest BCUT2D eigenvalue weighted by Gasteiger charge is -2.24. The van der Waals surface area contributed by atoms with E-state index in [-0.39, 0.29) is 12.0 Å². The van der Waals surface area contributed by atoms with Crippen molar-refractivity contribution in [2.24, 2.45) is 5.41 Å². The van der Waals surface area contributed by atoms with Gasteiger partial charge in [0.05, 0.1) is 0 Å². The average Bonchev–Trinajstić information content (AvgIpc) is 1.89. The lowest BCUT2D eigenvalue weighted by atomic mass is 9.83. The van der Waals surface area contributed by atoms with Crippen LogP contribution in [0.3, 0.4) is 0 Å². The topological polar surface area (TPSA) is 20.2 Å². The molecule has 0 saturated carbocycles. The van der Waals surface area contributed by atoms with Crippen molar-refractivity contribution in [3.8, 4) is 0 Å². The van der Waals surface area contributed by atoms with Crippen molar-refractivity contribution in [3.05, 3.63) is 12.7 Å². The Balaban J connectivity index is 3.80. The Morgan fingerprint density at radius 2 is 2.20 bits per heavy atom. The molecule has 1 nitrogen and oxygen atoms in total. The quantitative estimate of drug-likeness (QED) is 0.584. The predicted molar refractivity (Wildman–Crippen MR) is 44.9 cm³/mol. The first-order valence-electron chi connectivity index (χ1n) is 3.90. The zero-order chi connectivity index (χ0) is 8.04. The summed E-state index contributed by atoms with van der Waals surface area (Å²) in [5, 5.41) is 9.00. The van der Waals surface area contributed by atoms with E-state index in [0.29, 0.717) is 0 Å². The zero-order valence-corrected chi connectivity index (χ0v) is 7.06. The summed E-state index contributed by atoms with van der Waals surface area (Å²) in [6, 6.07) is 0. The third-order valence-electron chi connectivity index (χ3n) is 1.87. The van der Waals surface area contributed by atoms with Crippen LogP contribution in [-0.2, 0) is 0 Å². The van der Waals surface area contributed by atoms with Crippen molar-refractivity contribution in [3.63, 3.8) is 0 Å². The number of hydrogen-bond acceptors (Lipinski definition) is 1. The standard InChI is InChI=1S/C9H18O/c1-4-6-9(3,8-10)7-5-2/h4,10H,1,5-8H2,2-3H3. The van der Waals surface area contributed by atoms with Gasteiger partial charge < -0.3 is 5.11 Å². The summed E-state index contributed by atoms with van der Waals surface area (Å²) in [6.45, 7) is 8.17. The van der Waals surface area contributed by atoms with Crippen LogP contribution >= 0.6 is 0 Å². The molecule has 0 saturated heterocycles. The van der Waals surface area contributed by atoms with Crippen molar-refractivity contribution < 1.29 is 5.11 Å². The Morgan fingerprint density at radius 1 is 1.60 bits per heavy atom. The highest BCUT2D eigenvalue weighted by atomic mass is 16.3. The molecule has 0 fully saturated rings. The number of allylic oxidation sites excluding steroid dienone is 1. The Morgan fingerprint density at radius 3 is 2.50 bits per heavy atom. The second-order valence-corrected chi connectivity index (χ2v) is 3.21. The van der Waals surface area contributed by atoms with Crippen molar-refractivity contribution in [2.75, 3.05) is 6.61 Å². The number of rotatable bonds is 5. The van der Waals surface area contributed by atoms with Crippen LogP contribution in [0.1, 0.15) is 33.1 Å². The molecule has 0 bridgehead atoms. The highest BCUT2D eigenvalue weighted by Crippen LogP contribution is 2.26. The largest absolute Gasteiger partial charge is 0.396 e. The fraction of sp³-hybridized carbons (Fsp3) is 0.778. The van der Waals surface area contributed by atoms with Gasteiger partial charge in [0, 0.05) is 6.61 Å². The highest BCUT2D eigenvalue weighted by molar-refractivity contribution is 4.81. The second kappa shape index (κ2) is 4.51. The van der Waals surface area contributed by atoms with Gasteiger partial charge in [-0.15, -0.1) is 6.58 Å². The van der Waals surface area contributed by atoms with Gasteiger partial charge >= 0.3 is 0 Å². The van der Waals surface area contributed by atoms with Gasteiger partial charge in [-0.1, -0.05) is 26.3 Å². The molecule has 1 atom stereocenters. The van der Waals surface area contributed by atoms with E-state index in [1.807, 2.05) is 6.08 Å². The van der Waals surface area contributed by atoms with Crippen molar-refractivity contribution in [2.45, 2.75) is 33.1 Å². The van der Waals surface area contributed by atoms with Gasteiger partial charge in [0.1, 0.15) is 0 Å². The molecule has 1 unspecified atom stereocenters. The summed E-state index contributed by atoms with van der Waals surface area (Å²) in [7, 11) is 0. The minimum absolute atomic E-state index is 0.0799. The van der Waals surface area contributed by atoms with E-state index in [0.717, 1.165) is 19.3 Å². The molecule has 0 aliphatic rings. The number of aliphatic hydroxyl groups is 1. The molecule has 0 amide bonds. The Hall–Kier alpha value is -0.300. The molecule has 0 aliphatic heterocycles. The van der Waals surface area contributed by atoms with Gasteiger partial charge in [-0.05, 0) is 18.3 Å². The minimum Gasteiger partial charge on any atom is -0.396 e. The van der Waals surface area contributed by atoms with Crippen LogP contribution in [-0.4, -0.2) is 11.7 Å². The summed E-state index contributed by atoms with van der Waals surface area (Å²) in [6.07, 6.45) is 5.00. The van der Waals surface area contributed by atoms with Gasteiger partial charge in [0.15, 0.2) is 0 Å². The highest BCUT2D eigenvalue weighted by Gasteiger charge is 2.19. The van der Waals surface area contributed by atoms with Crippen molar-refractivity contribution >= 4 is 0 Å². The monoisotopic (exact) mass is 142 g/mol. The normalized spacial score (nSPS) is 16.3. The van der Waals surface area contributed by atoms with Gasteiger partial charge in [-0.3, -0.25) is 0 Å². The van der Waals surface area contributed by atoms with Crippen LogP contribution in [0.4, 0.5) is 0 Å². The Labute approximate surface area is 63.8 Å². The summed E-state index contributed by atoms with van der Waals surface area (Å²) in [5.41, 5.74) is 0.0799. The lowest BCUT2D eigenvalue weighted by molar-refractivity contribution is 0.134. The third kappa shape index (κ3) is 3.02. The maximum Gasteiger partial charge on any atom is 0.0487 e. The lowest BCUT2D eigenvalue weighted by Crippen LogP contribution is -2.19. The molecule has 0 aromatic rings. The molecule has 1 heteroatoms. The predicted octanol–water partition coefficient (Wildman–Crippen LogP) is 2.36. The van der Waals surface area contributed by atoms with Crippen LogP contribution in [0.5, 0.6) is 0 Å².